The molecule has 0 spiro atoms. The standard InChI is InChI=1S/C22H14ClFN2O5S/c1-12-2-5-15(26(29)30)9-17(12)19-7-6-16(31-19)10-20-21(27)25(22(28)32-20)11-13-3-4-14(24)8-18(13)23/h2-10H,11H2,1H3/b20-10-. The monoisotopic (exact) mass is 472 g/mol. The van der Waals surface area contributed by atoms with Gasteiger partial charge in [-0.05, 0) is 54.1 Å². The number of thioether (sulfide) groups is 1. The van der Waals surface area contributed by atoms with Crippen molar-refractivity contribution in [3.63, 3.8) is 0 Å². The average molecular weight is 473 g/mol. The molecule has 0 bridgehead atoms. The zero-order valence-electron chi connectivity index (χ0n) is 16.5. The predicted octanol–water partition coefficient (Wildman–Crippen LogP) is 6.19. The van der Waals surface area contributed by atoms with Gasteiger partial charge in [-0.25, -0.2) is 4.39 Å². The molecule has 10 heteroatoms. The number of imide groups is 1. The number of nitro groups is 1. The fraction of sp³-hybridized carbons (Fsp3) is 0.0909. The Labute approximate surface area is 190 Å². The van der Waals surface area contributed by atoms with Crippen LogP contribution in [0.1, 0.15) is 16.9 Å². The summed E-state index contributed by atoms with van der Waals surface area (Å²) in [4.78, 5) is 36.8. The number of hydrogen-bond donors (Lipinski definition) is 0. The number of carbonyl (C=O) groups is 2. The van der Waals surface area contributed by atoms with Gasteiger partial charge in [0.15, 0.2) is 0 Å². The molecule has 2 aromatic carbocycles. The van der Waals surface area contributed by atoms with Crippen molar-refractivity contribution >= 4 is 46.3 Å². The van der Waals surface area contributed by atoms with E-state index >= 15 is 0 Å². The van der Waals surface area contributed by atoms with Gasteiger partial charge in [0.2, 0.25) is 0 Å². The molecule has 7 nitrogen and oxygen atoms in total. The summed E-state index contributed by atoms with van der Waals surface area (Å²) >= 11 is 6.76. The number of furan rings is 1. The van der Waals surface area contributed by atoms with Crippen LogP contribution in [-0.4, -0.2) is 21.0 Å². The van der Waals surface area contributed by atoms with Crippen molar-refractivity contribution in [2.75, 3.05) is 0 Å². The van der Waals surface area contributed by atoms with Crippen molar-refractivity contribution in [2.45, 2.75) is 13.5 Å². The average Bonchev–Trinajstić information content (AvgIpc) is 3.30. The minimum absolute atomic E-state index is 0.0656. The Morgan fingerprint density at radius 2 is 1.97 bits per heavy atom. The molecular weight excluding hydrogens is 459 g/mol. The van der Waals surface area contributed by atoms with Gasteiger partial charge in [0.25, 0.3) is 16.8 Å². The number of benzene rings is 2. The molecule has 1 aromatic heterocycles. The van der Waals surface area contributed by atoms with Gasteiger partial charge in [0, 0.05) is 28.8 Å². The van der Waals surface area contributed by atoms with Gasteiger partial charge in [0.05, 0.1) is 16.4 Å². The highest BCUT2D eigenvalue weighted by molar-refractivity contribution is 8.18. The second-order valence-corrected chi connectivity index (χ2v) is 8.36. The number of amides is 2. The van der Waals surface area contributed by atoms with Crippen molar-refractivity contribution in [1.29, 1.82) is 0 Å². The van der Waals surface area contributed by atoms with Crippen LogP contribution < -0.4 is 0 Å². The van der Waals surface area contributed by atoms with Gasteiger partial charge in [-0.15, -0.1) is 0 Å². The Bertz CT molecular complexity index is 1300. The number of nitrogens with zero attached hydrogens (tertiary/aromatic N) is 2. The minimum atomic E-state index is -0.523. The third-order valence-electron chi connectivity index (χ3n) is 4.81. The van der Waals surface area contributed by atoms with Crippen LogP contribution in [0.2, 0.25) is 5.02 Å². The third-order valence-corrected chi connectivity index (χ3v) is 6.07. The molecule has 32 heavy (non-hydrogen) atoms. The predicted molar refractivity (Wildman–Crippen MR) is 118 cm³/mol. The number of non-ortho nitro benzene ring substituents is 1. The van der Waals surface area contributed by atoms with E-state index in [1.807, 2.05) is 0 Å². The van der Waals surface area contributed by atoms with Gasteiger partial charge in [0.1, 0.15) is 17.3 Å². The molecule has 0 saturated carbocycles. The normalized spacial score (nSPS) is 15.1. The maximum atomic E-state index is 13.2. The van der Waals surface area contributed by atoms with Crippen molar-refractivity contribution in [1.82, 2.24) is 4.90 Å². The highest BCUT2D eigenvalue weighted by Crippen LogP contribution is 2.36. The first-order valence-corrected chi connectivity index (χ1v) is 10.5. The Balaban J connectivity index is 1.57. The largest absolute Gasteiger partial charge is 0.457 e. The van der Waals surface area contributed by atoms with Crippen LogP contribution in [0.15, 0.2) is 57.9 Å². The van der Waals surface area contributed by atoms with E-state index in [9.17, 15) is 24.1 Å². The fourth-order valence-electron chi connectivity index (χ4n) is 3.15. The van der Waals surface area contributed by atoms with Crippen LogP contribution in [-0.2, 0) is 11.3 Å². The summed E-state index contributed by atoms with van der Waals surface area (Å²) in [7, 11) is 0. The number of aryl methyl sites for hydroxylation is 1. The summed E-state index contributed by atoms with van der Waals surface area (Å²) in [6.45, 7) is 1.71. The molecule has 3 aromatic rings. The molecule has 0 atom stereocenters. The molecule has 4 rings (SSSR count). The van der Waals surface area contributed by atoms with Gasteiger partial charge in [-0.2, -0.15) is 0 Å². The fourth-order valence-corrected chi connectivity index (χ4v) is 4.20. The molecule has 1 aliphatic heterocycles. The van der Waals surface area contributed by atoms with Crippen LogP contribution in [0.25, 0.3) is 17.4 Å². The quantitative estimate of drug-likeness (QED) is 0.249. The van der Waals surface area contributed by atoms with Gasteiger partial charge >= 0.3 is 0 Å². The summed E-state index contributed by atoms with van der Waals surface area (Å²) in [5.74, 6) is -0.323. The highest BCUT2D eigenvalue weighted by atomic mass is 35.5. The van der Waals surface area contributed by atoms with E-state index in [1.54, 1.807) is 25.1 Å². The number of rotatable bonds is 5. The zero-order chi connectivity index (χ0) is 23.0. The number of nitro benzene ring substituents is 1. The first kappa shape index (κ1) is 21.8. The van der Waals surface area contributed by atoms with E-state index in [0.717, 1.165) is 28.3 Å². The van der Waals surface area contributed by atoms with Crippen molar-refractivity contribution in [3.05, 3.63) is 91.3 Å². The van der Waals surface area contributed by atoms with E-state index in [1.165, 1.54) is 30.3 Å². The van der Waals surface area contributed by atoms with Crippen molar-refractivity contribution in [3.8, 4) is 11.3 Å². The molecular formula is C22H14ClFN2O5S. The summed E-state index contributed by atoms with van der Waals surface area (Å²) in [6, 6.07) is 11.4. The Hall–Kier alpha value is -3.43. The van der Waals surface area contributed by atoms with Crippen molar-refractivity contribution < 1.29 is 23.3 Å². The second kappa shape index (κ2) is 8.60. The van der Waals surface area contributed by atoms with E-state index in [2.05, 4.69) is 0 Å². The van der Waals surface area contributed by atoms with Crippen LogP contribution >= 0.6 is 23.4 Å². The van der Waals surface area contributed by atoms with Crippen LogP contribution in [0.4, 0.5) is 14.9 Å². The number of halogens is 2. The Morgan fingerprint density at radius 1 is 1.19 bits per heavy atom. The first-order valence-electron chi connectivity index (χ1n) is 9.27. The maximum Gasteiger partial charge on any atom is 0.293 e. The lowest BCUT2D eigenvalue weighted by Gasteiger charge is -2.13. The molecule has 162 valence electrons. The first-order chi connectivity index (χ1) is 15.2. The summed E-state index contributed by atoms with van der Waals surface area (Å²) in [5.41, 5.74) is 1.72. The zero-order valence-corrected chi connectivity index (χ0v) is 18.1. The highest BCUT2D eigenvalue weighted by Gasteiger charge is 2.35. The molecule has 0 aliphatic carbocycles. The summed E-state index contributed by atoms with van der Waals surface area (Å²) in [5, 5.41) is 10.7. The SMILES string of the molecule is Cc1ccc([N+](=O)[O-])cc1-c1ccc(/C=C2\SC(=O)N(Cc3ccc(F)cc3Cl)C2=O)o1. The van der Waals surface area contributed by atoms with E-state index in [-0.39, 0.29) is 22.2 Å². The van der Waals surface area contributed by atoms with E-state index < -0.39 is 21.9 Å². The molecule has 0 unspecified atom stereocenters. The molecule has 1 aliphatic rings. The number of carbonyl (C=O) groups excluding carboxylic acids is 2. The number of hydrogen-bond acceptors (Lipinski definition) is 6. The van der Waals surface area contributed by atoms with Crippen LogP contribution in [0, 0.1) is 22.9 Å². The third kappa shape index (κ3) is 4.30. The molecule has 2 heterocycles. The lowest BCUT2D eigenvalue weighted by Crippen LogP contribution is -2.27. The smallest absolute Gasteiger partial charge is 0.293 e. The molecule has 0 radical (unpaired) electrons. The molecule has 0 N–H and O–H groups in total. The molecule has 1 fully saturated rings. The molecule has 1 saturated heterocycles. The van der Waals surface area contributed by atoms with E-state index in [0.29, 0.717) is 22.6 Å². The lowest BCUT2D eigenvalue weighted by atomic mass is 10.1. The maximum absolute atomic E-state index is 13.2. The summed E-state index contributed by atoms with van der Waals surface area (Å²) in [6.07, 6.45) is 1.44. The summed E-state index contributed by atoms with van der Waals surface area (Å²) < 4.78 is 19.0. The van der Waals surface area contributed by atoms with Gasteiger partial charge in [-0.3, -0.25) is 24.6 Å². The van der Waals surface area contributed by atoms with Crippen molar-refractivity contribution in [2.24, 2.45) is 0 Å². The lowest BCUT2D eigenvalue weighted by molar-refractivity contribution is -0.384. The van der Waals surface area contributed by atoms with Crippen LogP contribution in [0.3, 0.4) is 0 Å². The van der Waals surface area contributed by atoms with E-state index in [4.69, 9.17) is 16.0 Å². The van der Waals surface area contributed by atoms with Gasteiger partial charge in [-0.1, -0.05) is 23.7 Å². The molecule has 2 amide bonds. The Kier molecular flexibility index (Phi) is 5.86. The van der Waals surface area contributed by atoms with Crippen LogP contribution in [0.5, 0.6) is 0 Å². The Morgan fingerprint density at radius 3 is 2.69 bits per heavy atom. The topological polar surface area (TPSA) is 93.7 Å². The second-order valence-electron chi connectivity index (χ2n) is 6.96. The minimum Gasteiger partial charge on any atom is -0.457 e. The van der Waals surface area contributed by atoms with Gasteiger partial charge < -0.3 is 4.42 Å².